The molecule has 1 unspecified atom stereocenters. The smallest absolute Gasteiger partial charge is 0.321 e. The molecule has 9 nitrogen and oxygen atoms in total. The molecule has 0 aliphatic rings. The van der Waals surface area contributed by atoms with E-state index in [1.54, 1.807) is 0 Å². The van der Waals surface area contributed by atoms with E-state index in [9.17, 15) is 19.2 Å². The van der Waals surface area contributed by atoms with Crippen molar-refractivity contribution in [1.29, 1.82) is 0 Å². The molecule has 9 heteroatoms. The molecular formula is C9H14N2O7. The van der Waals surface area contributed by atoms with Gasteiger partial charge in [0.15, 0.2) is 5.78 Å². The van der Waals surface area contributed by atoms with E-state index < -0.39 is 54.5 Å². The molecule has 0 fully saturated rings. The summed E-state index contributed by atoms with van der Waals surface area (Å²) in [5.41, 5.74) is 10.5. The van der Waals surface area contributed by atoms with Crippen LogP contribution in [0.1, 0.15) is 12.8 Å². The van der Waals surface area contributed by atoms with Crippen LogP contribution < -0.4 is 11.5 Å². The second kappa shape index (κ2) is 6.67. The Bertz CT molecular complexity index is 368. The Kier molecular flexibility index (Phi) is 5.93. The van der Waals surface area contributed by atoms with Crippen LogP contribution in [0.25, 0.3) is 0 Å². The molecular weight excluding hydrogens is 248 g/mol. The van der Waals surface area contributed by atoms with Crippen LogP contribution in [0.15, 0.2) is 0 Å². The van der Waals surface area contributed by atoms with Crippen molar-refractivity contribution in [3.8, 4) is 0 Å². The average Bonchev–Trinajstić information content (AvgIpc) is 2.22. The Hall–Kier alpha value is -2.00. The highest BCUT2D eigenvalue weighted by Crippen LogP contribution is 2.13. The monoisotopic (exact) mass is 262 g/mol. The predicted octanol–water partition coefficient (Wildman–Crippen LogP) is -2.14. The molecule has 0 aromatic rings. The van der Waals surface area contributed by atoms with Gasteiger partial charge in [0.1, 0.15) is 6.04 Å². The first kappa shape index (κ1) is 16.0. The molecule has 3 atom stereocenters. The molecule has 0 amide bonds. The lowest BCUT2D eigenvalue weighted by molar-refractivity contribution is -0.146. The number of carbonyl (C=O) groups is 4. The van der Waals surface area contributed by atoms with Gasteiger partial charge in [-0.3, -0.25) is 19.2 Å². The van der Waals surface area contributed by atoms with Gasteiger partial charge in [0.2, 0.25) is 0 Å². The minimum atomic E-state index is -1.74. The van der Waals surface area contributed by atoms with Crippen molar-refractivity contribution in [2.45, 2.75) is 24.9 Å². The third-order valence-electron chi connectivity index (χ3n) is 2.24. The van der Waals surface area contributed by atoms with Crippen molar-refractivity contribution in [1.82, 2.24) is 0 Å². The van der Waals surface area contributed by atoms with Gasteiger partial charge in [-0.15, -0.1) is 0 Å². The first-order chi connectivity index (χ1) is 8.16. The third-order valence-corrected chi connectivity index (χ3v) is 2.24. The lowest BCUT2D eigenvalue weighted by Gasteiger charge is -2.20. The number of carboxylic acids is 3. The van der Waals surface area contributed by atoms with E-state index >= 15 is 0 Å². The Morgan fingerprint density at radius 1 is 0.889 bits per heavy atom. The van der Waals surface area contributed by atoms with Crippen LogP contribution in [-0.2, 0) is 19.2 Å². The fourth-order valence-corrected chi connectivity index (χ4v) is 1.33. The van der Waals surface area contributed by atoms with Crippen molar-refractivity contribution in [3.05, 3.63) is 0 Å². The standard InChI is InChI=1S/C9H14N2O7/c10-4(2-6(14)15)8(16)3(1-5(12)13)7(11)9(17)18/h3-4,7H,1-2,10-11H2,(H,12,13)(H,14,15)(H,17,18)/t3?,4-,7-/m0/s1. The molecule has 0 rings (SSSR count). The molecule has 0 bridgehead atoms. The lowest BCUT2D eigenvalue weighted by Crippen LogP contribution is -2.48. The molecule has 0 saturated carbocycles. The van der Waals surface area contributed by atoms with Crippen LogP contribution in [0.3, 0.4) is 0 Å². The molecule has 0 heterocycles. The van der Waals surface area contributed by atoms with E-state index in [0.29, 0.717) is 0 Å². The van der Waals surface area contributed by atoms with Gasteiger partial charge in [-0.2, -0.15) is 0 Å². The summed E-state index contributed by atoms with van der Waals surface area (Å²) in [6, 6.07) is -3.23. The zero-order valence-electron chi connectivity index (χ0n) is 9.28. The molecule has 7 N–H and O–H groups in total. The summed E-state index contributed by atoms with van der Waals surface area (Å²) >= 11 is 0. The summed E-state index contributed by atoms with van der Waals surface area (Å²) in [6.07, 6.45) is -1.54. The molecule has 0 aliphatic carbocycles. The van der Waals surface area contributed by atoms with Crippen LogP contribution in [0.2, 0.25) is 0 Å². The first-order valence-corrected chi connectivity index (χ1v) is 4.88. The normalized spacial score (nSPS) is 15.4. The minimum absolute atomic E-state index is 0.721. The number of hydrogen-bond acceptors (Lipinski definition) is 6. The summed E-state index contributed by atoms with van der Waals surface area (Å²) < 4.78 is 0. The number of rotatable bonds is 8. The van der Waals surface area contributed by atoms with E-state index in [0.717, 1.165) is 0 Å². The van der Waals surface area contributed by atoms with Gasteiger partial charge in [-0.25, -0.2) is 0 Å². The topological polar surface area (TPSA) is 181 Å². The first-order valence-electron chi connectivity index (χ1n) is 4.88. The summed E-state index contributed by atoms with van der Waals surface area (Å²) in [5, 5.41) is 25.7. The minimum Gasteiger partial charge on any atom is -0.481 e. The largest absolute Gasteiger partial charge is 0.481 e. The van der Waals surface area contributed by atoms with Crippen molar-refractivity contribution >= 4 is 23.7 Å². The van der Waals surface area contributed by atoms with E-state index in [4.69, 9.17) is 26.8 Å². The van der Waals surface area contributed by atoms with Crippen molar-refractivity contribution in [2.24, 2.45) is 17.4 Å². The van der Waals surface area contributed by atoms with Crippen LogP contribution in [0.4, 0.5) is 0 Å². The van der Waals surface area contributed by atoms with Crippen molar-refractivity contribution in [3.63, 3.8) is 0 Å². The Balaban J connectivity index is 4.95. The second-order valence-electron chi connectivity index (χ2n) is 3.68. The zero-order chi connectivity index (χ0) is 14.5. The lowest BCUT2D eigenvalue weighted by atomic mass is 9.87. The quantitative estimate of drug-likeness (QED) is 0.326. The second-order valence-corrected chi connectivity index (χ2v) is 3.68. The Morgan fingerprint density at radius 3 is 1.67 bits per heavy atom. The molecule has 0 aromatic carbocycles. The zero-order valence-corrected chi connectivity index (χ0v) is 9.28. The van der Waals surface area contributed by atoms with E-state index in [1.807, 2.05) is 0 Å². The molecule has 0 aromatic heterocycles. The summed E-state index contributed by atoms with van der Waals surface area (Å²) in [7, 11) is 0. The molecule has 0 spiro atoms. The van der Waals surface area contributed by atoms with Crippen LogP contribution in [-0.4, -0.2) is 51.1 Å². The van der Waals surface area contributed by atoms with Gasteiger partial charge in [0.25, 0.3) is 0 Å². The van der Waals surface area contributed by atoms with E-state index in [1.165, 1.54) is 0 Å². The number of nitrogens with two attached hydrogens (primary N) is 2. The SMILES string of the molecule is N[C@H](C(=O)O)C(CC(=O)O)C(=O)[C@@H](N)CC(=O)O. The number of aliphatic carboxylic acids is 3. The Labute approximate surface area is 101 Å². The Morgan fingerprint density at radius 2 is 1.33 bits per heavy atom. The number of Topliss-reactive ketones (excluding diaryl/α,β-unsaturated/α-hetero) is 1. The predicted molar refractivity (Wildman–Crippen MR) is 56.6 cm³/mol. The summed E-state index contributed by atoms with van der Waals surface area (Å²) in [6.45, 7) is 0. The van der Waals surface area contributed by atoms with Gasteiger partial charge in [-0.1, -0.05) is 0 Å². The number of hydrogen-bond donors (Lipinski definition) is 5. The highest BCUT2D eigenvalue weighted by Gasteiger charge is 2.35. The van der Waals surface area contributed by atoms with Crippen molar-refractivity contribution < 1.29 is 34.5 Å². The third kappa shape index (κ3) is 4.89. The molecule has 0 saturated heterocycles. The maximum atomic E-state index is 11.7. The van der Waals surface area contributed by atoms with Gasteiger partial charge in [0.05, 0.1) is 24.8 Å². The maximum absolute atomic E-state index is 11.7. The molecule has 18 heavy (non-hydrogen) atoms. The fraction of sp³-hybridized carbons (Fsp3) is 0.556. The number of carbonyl (C=O) groups excluding carboxylic acids is 1. The van der Waals surface area contributed by atoms with Crippen LogP contribution in [0, 0.1) is 5.92 Å². The van der Waals surface area contributed by atoms with E-state index in [2.05, 4.69) is 0 Å². The summed E-state index contributed by atoms with van der Waals surface area (Å²) in [5.74, 6) is -6.89. The van der Waals surface area contributed by atoms with Gasteiger partial charge >= 0.3 is 17.9 Å². The van der Waals surface area contributed by atoms with Crippen molar-refractivity contribution in [2.75, 3.05) is 0 Å². The molecule has 102 valence electrons. The van der Waals surface area contributed by atoms with Gasteiger partial charge in [-0.05, 0) is 0 Å². The fourth-order valence-electron chi connectivity index (χ4n) is 1.33. The maximum Gasteiger partial charge on any atom is 0.321 e. The van der Waals surface area contributed by atoms with Crippen LogP contribution >= 0.6 is 0 Å². The molecule has 0 aliphatic heterocycles. The van der Waals surface area contributed by atoms with Gasteiger partial charge < -0.3 is 26.8 Å². The molecule has 0 radical (unpaired) electrons. The van der Waals surface area contributed by atoms with Crippen LogP contribution in [0.5, 0.6) is 0 Å². The van der Waals surface area contributed by atoms with Gasteiger partial charge in [0, 0.05) is 0 Å². The van der Waals surface area contributed by atoms with E-state index in [-0.39, 0.29) is 0 Å². The number of carboxylic acid groups (broad SMARTS) is 3. The highest BCUT2D eigenvalue weighted by molar-refractivity contribution is 5.95. The average molecular weight is 262 g/mol. The number of ketones is 1. The highest BCUT2D eigenvalue weighted by atomic mass is 16.4. The summed E-state index contributed by atoms with van der Waals surface area (Å²) in [4.78, 5) is 43.2.